The average Bonchev–Trinajstić information content (AvgIpc) is 2.63. The third kappa shape index (κ3) is 3.21. The Balaban J connectivity index is 2.22. The normalized spacial score (nSPS) is 52.5. The minimum Gasteiger partial charge on any atom is -0.394 e. The van der Waals surface area contributed by atoms with Crippen LogP contribution in [0.15, 0.2) is 0 Å². The highest BCUT2D eigenvalue weighted by Crippen LogP contribution is 2.31. The van der Waals surface area contributed by atoms with Gasteiger partial charge in [0.2, 0.25) is 5.60 Å². The number of nitrogens with two attached hydrogens (primary N) is 1. The molecule has 1 saturated carbocycles. The maximum Gasteiger partial charge on any atom is 0.259 e. The number of aliphatic hydroxyl groups excluding tert-OH is 8. The SMILES string of the molecule is N[C@H]1C(NC(=O)C2(O)C(O)C(O)C(O)C(O)C2O)O[C@H](CO)[C@@H](O)[C@@H]1O. The van der Waals surface area contributed by atoms with Crippen molar-refractivity contribution in [2.45, 2.75) is 66.7 Å². The zero-order valence-corrected chi connectivity index (χ0v) is 13.4. The highest BCUT2D eigenvalue weighted by molar-refractivity contribution is 5.87. The van der Waals surface area contributed by atoms with Gasteiger partial charge >= 0.3 is 0 Å². The van der Waals surface area contributed by atoms with Crippen molar-refractivity contribution >= 4 is 5.91 Å². The molecule has 26 heavy (non-hydrogen) atoms. The van der Waals surface area contributed by atoms with Crippen LogP contribution in [0.3, 0.4) is 0 Å². The van der Waals surface area contributed by atoms with Gasteiger partial charge in [-0.05, 0) is 0 Å². The molecule has 2 fully saturated rings. The summed E-state index contributed by atoms with van der Waals surface area (Å²) in [6.45, 7) is -0.740. The second-order valence-corrected chi connectivity index (χ2v) is 6.50. The molecule has 0 radical (unpaired) electrons. The first-order valence-electron chi connectivity index (χ1n) is 7.80. The van der Waals surface area contributed by atoms with Crippen LogP contribution in [0, 0.1) is 0 Å². The van der Waals surface area contributed by atoms with Crippen molar-refractivity contribution in [3.05, 3.63) is 0 Å². The molecule has 1 heterocycles. The standard InChI is InChI=1S/C13H24N2O11/c14-3-5(18)4(17)2(1-16)26-11(3)15-12(24)13(25)9(22)7(20)6(19)8(21)10(13)23/h2-11,16-23,25H,1,14H2,(H,15,24)/t2-,3-,4-,5-,6?,7?,8?,9?,10?,11?,13?/m1/s1. The van der Waals surface area contributed by atoms with Gasteiger partial charge in [-0.3, -0.25) is 4.79 Å². The van der Waals surface area contributed by atoms with E-state index in [-0.39, 0.29) is 0 Å². The summed E-state index contributed by atoms with van der Waals surface area (Å²) in [6.07, 6.45) is -17.2. The van der Waals surface area contributed by atoms with Crippen LogP contribution in [0.4, 0.5) is 0 Å². The maximum atomic E-state index is 12.4. The van der Waals surface area contributed by atoms with E-state index in [0.29, 0.717) is 0 Å². The summed E-state index contributed by atoms with van der Waals surface area (Å²) < 4.78 is 5.12. The third-order valence-electron chi connectivity index (χ3n) is 4.86. The number of hydrogen-bond donors (Lipinski definition) is 11. The van der Waals surface area contributed by atoms with Gasteiger partial charge in [0.1, 0.15) is 55.1 Å². The molecule has 0 aromatic carbocycles. The zero-order chi connectivity index (χ0) is 20.0. The topological polar surface area (TPSA) is 246 Å². The number of nitrogens with one attached hydrogen (secondary N) is 1. The Kier molecular flexibility index (Phi) is 6.21. The van der Waals surface area contributed by atoms with Gasteiger partial charge in [0.05, 0.1) is 12.6 Å². The number of carbonyl (C=O) groups is 1. The number of ether oxygens (including phenoxy) is 1. The summed E-state index contributed by atoms with van der Waals surface area (Å²) in [5.74, 6) is -1.54. The molecule has 0 aromatic heterocycles. The fourth-order valence-electron chi connectivity index (χ4n) is 3.05. The van der Waals surface area contributed by atoms with Crippen LogP contribution in [0.2, 0.25) is 0 Å². The summed E-state index contributed by atoms with van der Waals surface area (Å²) in [5.41, 5.74) is 2.46. The van der Waals surface area contributed by atoms with Crippen molar-refractivity contribution in [2.75, 3.05) is 6.61 Å². The van der Waals surface area contributed by atoms with Gasteiger partial charge in [-0.15, -0.1) is 0 Å². The van der Waals surface area contributed by atoms with E-state index >= 15 is 0 Å². The van der Waals surface area contributed by atoms with Gasteiger partial charge in [-0.1, -0.05) is 0 Å². The van der Waals surface area contributed by atoms with E-state index in [1.807, 2.05) is 5.32 Å². The Morgan fingerprint density at radius 1 is 0.923 bits per heavy atom. The number of hydrogen-bond acceptors (Lipinski definition) is 12. The molecule has 13 nitrogen and oxygen atoms in total. The summed E-state index contributed by atoms with van der Waals surface area (Å²) in [7, 11) is 0. The highest BCUT2D eigenvalue weighted by Gasteiger charge is 2.62. The quantitative estimate of drug-likeness (QED) is 0.217. The van der Waals surface area contributed by atoms with E-state index in [1.54, 1.807) is 0 Å². The molecule has 1 saturated heterocycles. The van der Waals surface area contributed by atoms with E-state index in [1.165, 1.54) is 0 Å². The molecule has 0 spiro atoms. The summed E-state index contributed by atoms with van der Waals surface area (Å²) >= 11 is 0. The molecule has 12 N–H and O–H groups in total. The smallest absolute Gasteiger partial charge is 0.259 e. The maximum absolute atomic E-state index is 12.4. The molecule has 0 aromatic rings. The van der Waals surface area contributed by atoms with Crippen molar-refractivity contribution in [1.29, 1.82) is 0 Å². The van der Waals surface area contributed by atoms with Crippen molar-refractivity contribution in [3.8, 4) is 0 Å². The van der Waals surface area contributed by atoms with Gasteiger partial charge in [-0.25, -0.2) is 0 Å². The third-order valence-corrected chi connectivity index (χ3v) is 4.86. The second-order valence-electron chi connectivity index (χ2n) is 6.50. The molecule has 2 aliphatic rings. The van der Waals surface area contributed by atoms with Crippen molar-refractivity contribution in [2.24, 2.45) is 5.73 Å². The van der Waals surface area contributed by atoms with E-state index in [9.17, 15) is 45.6 Å². The van der Waals surface area contributed by atoms with Crippen molar-refractivity contribution in [1.82, 2.24) is 5.32 Å². The van der Waals surface area contributed by atoms with Crippen molar-refractivity contribution in [3.63, 3.8) is 0 Å². The van der Waals surface area contributed by atoms with E-state index in [4.69, 9.17) is 15.6 Å². The summed E-state index contributed by atoms with van der Waals surface area (Å²) in [4.78, 5) is 12.4. The predicted octanol–water partition coefficient (Wildman–Crippen LogP) is -7.58. The molecule has 1 aliphatic heterocycles. The monoisotopic (exact) mass is 384 g/mol. The molecule has 1 amide bonds. The lowest BCUT2D eigenvalue weighted by Gasteiger charge is -2.47. The largest absolute Gasteiger partial charge is 0.394 e. The highest BCUT2D eigenvalue weighted by atomic mass is 16.5. The molecule has 0 bridgehead atoms. The van der Waals surface area contributed by atoms with Gasteiger partial charge < -0.3 is 61.7 Å². The first kappa shape index (κ1) is 21.3. The van der Waals surface area contributed by atoms with Gasteiger partial charge in [0, 0.05) is 0 Å². The molecule has 1 aliphatic carbocycles. The van der Waals surface area contributed by atoms with Crippen LogP contribution in [-0.4, -0.2) is 125 Å². The number of rotatable bonds is 3. The van der Waals surface area contributed by atoms with E-state index < -0.39 is 79.2 Å². The molecular weight excluding hydrogens is 360 g/mol. The number of carbonyl (C=O) groups excluding carboxylic acids is 1. The first-order valence-corrected chi connectivity index (χ1v) is 7.80. The molecule has 2 rings (SSSR count). The van der Waals surface area contributed by atoms with Gasteiger partial charge in [0.15, 0.2) is 0 Å². The van der Waals surface area contributed by atoms with Crippen LogP contribution in [0.25, 0.3) is 0 Å². The Bertz CT molecular complexity index is 504. The lowest BCUT2D eigenvalue weighted by Crippen LogP contribution is -2.77. The van der Waals surface area contributed by atoms with Crippen LogP contribution >= 0.6 is 0 Å². The molecule has 152 valence electrons. The predicted molar refractivity (Wildman–Crippen MR) is 78.9 cm³/mol. The lowest BCUT2D eigenvalue weighted by atomic mass is 9.74. The summed E-state index contributed by atoms with van der Waals surface area (Å²) in [5, 5.41) is 89.7. The minimum absolute atomic E-state index is 0.740. The average molecular weight is 384 g/mol. The molecular formula is C13H24N2O11. The van der Waals surface area contributed by atoms with Crippen LogP contribution in [-0.2, 0) is 9.53 Å². The Morgan fingerprint density at radius 2 is 1.42 bits per heavy atom. The van der Waals surface area contributed by atoms with Gasteiger partial charge in [-0.2, -0.15) is 0 Å². The summed E-state index contributed by atoms with van der Waals surface area (Å²) in [6, 6.07) is -1.42. The minimum atomic E-state index is -3.16. The van der Waals surface area contributed by atoms with Crippen LogP contribution < -0.4 is 11.1 Å². The Morgan fingerprint density at radius 3 is 1.88 bits per heavy atom. The van der Waals surface area contributed by atoms with E-state index in [0.717, 1.165) is 0 Å². The molecule has 9 atom stereocenters. The van der Waals surface area contributed by atoms with Crippen LogP contribution in [0.5, 0.6) is 0 Å². The lowest BCUT2D eigenvalue weighted by molar-refractivity contribution is -0.262. The molecule has 13 heteroatoms. The second kappa shape index (κ2) is 7.57. The fraction of sp³-hybridized carbons (Fsp3) is 0.923. The van der Waals surface area contributed by atoms with E-state index in [2.05, 4.69) is 0 Å². The van der Waals surface area contributed by atoms with Crippen LogP contribution in [0.1, 0.15) is 0 Å². The fourth-order valence-corrected chi connectivity index (χ4v) is 3.05. The zero-order valence-electron chi connectivity index (χ0n) is 13.4. The first-order chi connectivity index (χ1) is 12.0. The Labute approximate surface area is 146 Å². The Hall–Kier alpha value is -0.970. The van der Waals surface area contributed by atoms with Crippen molar-refractivity contribution < 1.29 is 55.5 Å². The number of amides is 1. The van der Waals surface area contributed by atoms with Gasteiger partial charge in [0.25, 0.3) is 5.91 Å². The number of aliphatic hydroxyl groups is 9. The molecule has 5 unspecified atom stereocenters.